The fourth-order valence-electron chi connectivity index (χ4n) is 2.24. The smallest absolute Gasteiger partial charge is 0.0599 e. The summed E-state index contributed by atoms with van der Waals surface area (Å²) < 4.78 is 0. The molecule has 3 heteroatoms. The number of piperazine rings is 1. The molecule has 0 spiro atoms. The molecule has 1 aliphatic rings. The van der Waals surface area contributed by atoms with Crippen molar-refractivity contribution in [1.82, 2.24) is 10.2 Å². The number of nitrogens with zero attached hydrogens (tertiary/aromatic N) is 1. The lowest BCUT2D eigenvalue weighted by atomic mass is 10.2. The van der Waals surface area contributed by atoms with Crippen LogP contribution in [0.4, 0.5) is 0 Å². The molecular formula is C10H24N2Si. The quantitative estimate of drug-likeness (QED) is 0.680. The summed E-state index contributed by atoms with van der Waals surface area (Å²) in [6.07, 6.45) is 1.35. The minimum absolute atomic E-state index is 0.667. The first-order valence-corrected chi connectivity index (χ1v) is 9.06. The Morgan fingerprint density at radius 3 is 2.00 bits per heavy atom. The zero-order chi connectivity index (χ0) is 10.1. The number of hydrogen-bond donors (Lipinski definition) is 1. The monoisotopic (exact) mass is 200 g/mol. The maximum absolute atomic E-state index is 3.57. The molecule has 0 aliphatic carbocycles. The zero-order valence-electron chi connectivity index (χ0n) is 9.72. The lowest BCUT2D eigenvalue weighted by molar-refractivity contribution is 0.195. The van der Waals surface area contributed by atoms with Gasteiger partial charge in [0.15, 0.2) is 0 Å². The molecule has 1 heterocycles. The van der Waals surface area contributed by atoms with Crippen molar-refractivity contribution >= 4 is 8.07 Å². The zero-order valence-corrected chi connectivity index (χ0v) is 10.7. The number of hydrogen-bond acceptors (Lipinski definition) is 2. The van der Waals surface area contributed by atoms with E-state index in [0.717, 1.165) is 0 Å². The molecule has 0 amide bonds. The van der Waals surface area contributed by atoms with Gasteiger partial charge in [0.05, 0.1) is 8.07 Å². The van der Waals surface area contributed by atoms with Gasteiger partial charge in [-0.25, -0.2) is 0 Å². The van der Waals surface area contributed by atoms with Crippen molar-refractivity contribution < 1.29 is 0 Å². The molecule has 2 atom stereocenters. The fourth-order valence-corrected chi connectivity index (χ4v) is 3.84. The fraction of sp³-hybridized carbons (Fsp3) is 1.00. The molecule has 2 unspecified atom stereocenters. The highest BCUT2D eigenvalue weighted by Crippen LogP contribution is 2.09. The maximum atomic E-state index is 3.57. The molecule has 1 saturated heterocycles. The van der Waals surface area contributed by atoms with E-state index < -0.39 is 8.07 Å². The van der Waals surface area contributed by atoms with E-state index in [-0.39, 0.29) is 0 Å². The predicted molar refractivity (Wildman–Crippen MR) is 61.8 cm³/mol. The average Bonchev–Trinajstić information content (AvgIpc) is 1.78. The van der Waals surface area contributed by atoms with Crippen LogP contribution in [0.3, 0.4) is 0 Å². The SMILES string of the molecule is CC1CN(C[Si](C)(C)C)CC(C)N1. The highest BCUT2D eigenvalue weighted by molar-refractivity contribution is 6.76. The van der Waals surface area contributed by atoms with E-state index in [4.69, 9.17) is 0 Å². The van der Waals surface area contributed by atoms with Crippen LogP contribution in [-0.2, 0) is 0 Å². The van der Waals surface area contributed by atoms with Gasteiger partial charge in [-0.05, 0) is 20.0 Å². The Hall–Kier alpha value is 0.137. The van der Waals surface area contributed by atoms with Crippen molar-refractivity contribution in [1.29, 1.82) is 0 Å². The van der Waals surface area contributed by atoms with Crippen LogP contribution in [0.25, 0.3) is 0 Å². The van der Waals surface area contributed by atoms with Gasteiger partial charge in [0.25, 0.3) is 0 Å². The second-order valence-electron chi connectivity index (χ2n) is 5.72. The van der Waals surface area contributed by atoms with E-state index in [1.165, 1.54) is 19.3 Å². The van der Waals surface area contributed by atoms with Crippen molar-refractivity contribution in [3.63, 3.8) is 0 Å². The molecule has 0 saturated carbocycles. The third kappa shape index (κ3) is 4.25. The highest BCUT2D eigenvalue weighted by atomic mass is 28.3. The van der Waals surface area contributed by atoms with Gasteiger partial charge < -0.3 is 10.2 Å². The molecule has 1 fully saturated rings. The summed E-state index contributed by atoms with van der Waals surface area (Å²) in [5, 5.41) is 3.57. The first-order valence-electron chi connectivity index (χ1n) is 5.35. The van der Waals surface area contributed by atoms with E-state index in [0.29, 0.717) is 12.1 Å². The van der Waals surface area contributed by atoms with Crippen LogP contribution in [0.5, 0.6) is 0 Å². The molecule has 1 aliphatic heterocycles. The highest BCUT2D eigenvalue weighted by Gasteiger charge is 2.25. The Kier molecular flexibility index (Phi) is 3.55. The van der Waals surface area contributed by atoms with E-state index in [9.17, 15) is 0 Å². The van der Waals surface area contributed by atoms with Crippen LogP contribution in [-0.4, -0.2) is 44.3 Å². The Morgan fingerprint density at radius 2 is 1.62 bits per heavy atom. The van der Waals surface area contributed by atoms with Crippen molar-refractivity contribution in [2.75, 3.05) is 19.3 Å². The van der Waals surface area contributed by atoms with Crippen LogP contribution in [0, 0.1) is 0 Å². The van der Waals surface area contributed by atoms with Crippen molar-refractivity contribution in [3.05, 3.63) is 0 Å². The topological polar surface area (TPSA) is 15.3 Å². The van der Waals surface area contributed by atoms with Crippen molar-refractivity contribution in [2.45, 2.75) is 45.6 Å². The molecule has 2 nitrogen and oxygen atoms in total. The van der Waals surface area contributed by atoms with Crippen LogP contribution in [0.1, 0.15) is 13.8 Å². The summed E-state index contributed by atoms with van der Waals surface area (Å²) >= 11 is 0. The van der Waals surface area contributed by atoms with Crippen LogP contribution in [0.2, 0.25) is 19.6 Å². The first kappa shape index (κ1) is 11.2. The Balaban J connectivity index is 2.42. The summed E-state index contributed by atoms with van der Waals surface area (Å²) in [5.41, 5.74) is 0. The van der Waals surface area contributed by atoms with E-state index in [1.807, 2.05) is 0 Å². The van der Waals surface area contributed by atoms with E-state index in [2.05, 4.69) is 43.7 Å². The molecule has 0 aromatic carbocycles. The first-order chi connectivity index (χ1) is 5.87. The molecule has 1 N–H and O–H groups in total. The Bertz CT molecular complexity index is 155. The summed E-state index contributed by atoms with van der Waals surface area (Å²) in [6.45, 7) is 14.4. The van der Waals surface area contributed by atoms with Gasteiger partial charge in [-0.2, -0.15) is 0 Å². The largest absolute Gasteiger partial charge is 0.309 e. The van der Waals surface area contributed by atoms with Gasteiger partial charge in [-0.1, -0.05) is 19.6 Å². The van der Waals surface area contributed by atoms with Crippen molar-refractivity contribution in [3.8, 4) is 0 Å². The molecule has 13 heavy (non-hydrogen) atoms. The molecule has 0 aromatic rings. The minimum Gasteiger partial charge on any atom is -0.309 e. The minimum atomic E-state index is -0.906. The van der Waals surface area contributed by atoms with Crippen LogP contribution < -0.4 is 5.32 Å². The molecule has 78 valence electrons. The molecule has 0 aromatic heterocycles. The average molecular weight is 200 g/mol. The normalized spacial score (nSPS) is 32.1. The van der Waals surface area contributed by atoms with Gasteiger partial charge in [-0.3, -0.25) is 0 Å². The molecular weight excluding hydrogens is 176 g/mol. The maximum Gasteiger partial charge on any atom is 0.0599 e. The predicted octanol–water partition coefficient (Wildman–Crippen LogP) is 1.55. The Morgan fingerprint density at radius 1 is 1.15 bits per heavy atom. The third-order valence-corrected chi connectivity index (χ3v) is 3.73. The Labute approximate surface area is 83.7 Å². The van der Waals surface area contributed by atoms with Crippen LogP contribution in [0.15, 0.2) is 0 Å². The lowest BCUT2D eigenvalue weighted by Gasteiger charge is -2.38. The number of nitrogens with one attached hydrogen (secondary N) is 1. The van der Waals surface area contributed by atoms with E-state index >= 15 is 0 Å². The summed E-state index contributed by atoms with van der Waals surface area (Å²) in [4.78, 5) is 2.64. The summed E-state index contributed by atoms with van der Waals surface area (Å²) in [7, 11) is -0.906. The summed E-state index contributed by atoms with van der Waals surface area (Å²) in [5.74, 6) is 0. The van der Waals surface area contributed by atoms with Gasteiger partial charge in [0.2, 0.25) is 0 Å². The van der Waals surface area contributed by atoms with Gasteiger partial charge in [0, 0.05) is 25.2 Å². The second-order valence-corrected chi connectivity index (χ2v) is 11.2. The lowest BCUT2D eigenvalue weighted by Crippen LogP contribution is -2.57. The number of rotatable bonds is 2. The standard InChI is InChI=1S/C10H24N2Si/c1-9-6-12(7-10(2)11-9)8-13(3,4)5/h9-11H,6-8H2,1-5H3. The van der Waals surface area contributed by atoms with Crippen molar-refractivity contribution in [2.24, 2.45) is 0 Å². The molecule has 0 bridgehead atoms. The summed E-state index contributed by atoms with van der Waals surface area (Å²) in [6, 6.07) is 1.33. The van der Waals surface area contributed by atoms with Gasteiger partial charge in [0.1, 0.15) is 0 Å². The third-order valence-electron chi connectivity index (χ3n) is 2.33. The van der Waals surface area contributed by atoms with E-state index in [1.54, 1.807) is 0 Å². The van der Waals surface area contributed by atoms with Gasteiger partial charge in [-0.15, -0.1) is 0 Å². The van der Waals surface area contributed by atoms with Gasteiger partial charge >= 0.3 is 0 Å². The molecule has 1 rings (SSSR count). The molecule has 0 radical (unpaired) electrons. The van der Waals surface area contributed by atoms with Crippen LogP contribution >= 0.6 is 0 Å². The second kappa shape index (κ2) is 4.11.